The summed E-state index contributed by atoms with van der Waals surface area (Å²) in [6.45, 7) is 2.72. The van der Waals surface area contributed by atoms with Gasteiger partial charge in [0.05, 0.1) is 12.7 Å². The van der Waals surface area contributed by atoms with Crippen molar-refractivity contribution in [2.24, 2.45) is 10.9 Å². The third-order valence-electron chi connectivity index (χ3n) is 2.46. The molecule has 2 rings (SSSR count). The summed E-state index contributed by atoms with van der Waals surface area (Å²) in [7, 11) is 0. The smallest absolute Gasteiger partial charge is 0.170 e. The van der Waals surface area contributed by atoms with Gasteiger partial charge in [0.1, 0.15) is 0 Å². The minimum absolute atomic E-state index is 0.117. The van der Waals surface area contributed by atoms with Crippen LogP contribution in [0.4, 0.5) is 0 Å². The van der Waals surface area contributed by atoms with E-state index >= 15 is 0 Å². The molecule has 0 fully saturated rings. The number of hydrogen-bond acceptors (Lipinski definition) is 3. The normalized spacial score (nSPS) is 11.7. The van der Waals surface area contributed by atoms with E-state index in [1.807, 2.05) is 48.3 Å². The zero-order valence-corrected chi connectivity index (χ0v) is 9.54. The van der Waals surface area contributed by atoms with Crippen molar-refractivity contribution in [1.82, 2.24) is 9.78 Å². The first kappa shape index (κ1) is 11.2. The fraction of sp³-hybridized carbons (Fsp3) is 0.167. The average Bonchev–Trinajstić information content (AvgIpc) is 2.75. The molecule has 0 bridgehead atoms. The van der Waals surface area contributed by atoms with E-state index in [1.54, 1.807) is 0 Å². The maximum absolute atomic E-state index is 8.54. The largest absolute Gasteiger partial charge is 0.409 e. The van der Waals surface area contributed by atoms with Crippen molar-refractivity contribution in [2.75, 3.05) is 0 Å². The second kappa shape index (κ2) is 4.69. The fourth-order valence-corrected chi connectivity index (χ4v) is 1.58. The molecule has 0 saturated heterocycles. The van der Waals surface area contributed by atoms with Gasteiger partial charge < -0.3 is 10.9 Å². The number of aromatic nitrogens is 2. The van der Waals surface area contributed by atoms with Gasteiger partial charge in [0.2, 0.25) is 0 Å². The summed E-state index contributed by atoms with van der Waals surface area (Å²) in [5.41, 5.74) is 8.44. The third kappa shape index (κ3) is 2.63. The van der Waals surface area contributed by atoms with Crippen molar-refractivity contribution in [3.63, 3.8) is 0 Å². The number of benzene rings is 1. The Balaban J connectivity index is 2.13. The summed E-state index contributed by atoms with van der Waals surface area (Å²) in [6.07, 6.45) is 3.81. The van der Waals surface area contributed by atoms with Crippen molar-refractivity contribution in [3.8, 4) is 0 Å². The molecule has 0 atom stereocenters. The Morgan fingerprint density at radius 3 is 2.65 bits per heavy atom. The highest BCUT2D eigenvalue weighted by atomic mass is 16.4. The molecule has 0 radical (unpaired) electrons. The Bertz CT molecular complexity index is 528. The highest BCUT2D eigenvalue weighted by Gasteiger charge is 2.00. The summed E-state index contributed by atoms with van der Waals surface area (Å²) < 4.78 is 1.87. The molecule has 5 nitrogen and oxygen atoms in total. The number of nitrogens with two attached hydrogens (primary N) is 1. The summed E-state index contributed by atoms with van der Waals surface area (Å²) in [5, 5.41) is 15.7. The maximum Gasteiger partial charge on any atom is 0.170 e. The van der Waals surface area contributed by atoms with Crippen LogP contribution in [0.2, 0.25) is 0 Å². The Kier molecular flexibility index (Phi) is 3.09. The lowest BCUT2D eigenvalue weighted by Crippen LogP contribution is -2.13. The molecule has 88 valence electrons. The van der Waals surface area contributed by atoms with Crippen LogP contribution in [0.15, 0.2) is 41.8 Å². The van der Waals surface area contributed by atoms with Crippen LogP contribution < -0.4 is 5.73 Å². The minimum Gasteiger partial charge on any atom is -0.409 e. The van der Waals surface area contributed by atoms with E-state index in [4.69, 9.17) is 10.9 Å². The molecule has 0 aliphatic rings. The van der Waals surface area contributed by atoms with E-state index in [0.717, 1.165) is 11.1 Å². The van der Waals surface area contributed by atoms with Gasteiger partial charge in [-0.3, -0.25) is 4.68 Å². The SMILES string of the molecule is Cc1cnn(Cc2ccc(/C(N)=N/O)cc2)c1. The van der Waals surface area contributed by atoms with E-state index in [2.05, 4.69) is 10.3 Å². The number of nitrogens with zero attached hydrogens (tertiary/aromatic N) is 3. The monoisotopic (exact) mass is 230 g/mol. The number of amidine groups is 1. The zero-order chi connectivity index (χ0) is 12.3. The first-order valence-electron chi connectivity index (χ1n) is 5.25. The van der Waals surface area contributed by atoms with Gasteiger partial charge in [0.25, 0.3) is 0 Å². The second-order valence-corrected chi connectivity index (χ2v) is 3.90. The molecule has 5 heteroatoms. The van der Waals surface area contributed by atoms with E-state index in [9.17, 15) is 0 Å². The fourth-order valence-electron chi connectivity index (χ4n) is 1.58. The Hall–Kier alpha value is -2.30. The molecule has 2 aromatic rings. The Morgan fingerprint density at radius 2 is 2.12 bits per heavy atom. The number of hydrogen-bond donors (Lipinski definition) is 2. The van der Waals surface area contributed by atoms with Gasteiger partial charge >= 0.3 is 0 Å². The quantitative estimate of drug-likeness (QED) is 0.361. The lowest BCUT2D eigenvalue weighted by atomic mass is 10.1. The van der Waals surface area contributed by atoms with Crippen LogP contribution >= 0.6 is 0 Å². The van der Waals surface area contributed by atoms with Crippen LogP contribution in [-0.4, -0.2) is 20.8 Å². The first-order valence-corrected chi connectivity index (χ1v) is 5.25. The first-order chi connectivity index (χ1) is 8.19. The lowest BCUT2D eigenvalue weighted by Gasteiger charge is -2.03. The molecule has 0 aliphatic heterocycles. The predicted molar refractivity (Wildman–Crippen MR) is 65.0 cm³/mol. The molecular weight excluding hydrogens is 216 g/mol. The van der Waals surface area contributed by atoms with Crippen molar-refractivity contribution in [2.45, 2.75) is 13.5 Å². The van der Waals surface area contributed by atoms with E-state index < -0.39 is 0 Å². The van der Waals surface area contributed by atoms with Gasteiger partial charge in [-0.05, 0) is 18.1 Å². The molecule has 3 N–H and O–H groups in total. The van der Waals surface area contributed by atoms with Crippen molar-refractivity contribution >= 4 is 5.84 Å². The van der Waals surface area contributed by atoms with Crippen LogP contribution in [0.25, 0.3) is 0 Å². The third-order valence-corrected chi connectivity index (χ3v) is 2.46. The number of oxime groups is 1. The Labute approximate surface area is 99.2 Å². The molecule has 0 unspecified atom stereocenters. The molecule has 0 amide bonds. The standard InChI is InChI=1S/C12H14N4O/c1-9-6-14-16(7-9)8-10-2-4-11(5-3-10)12(13)15-17/h2-7,17H,8H2,1H3,(H2,13,15). The maximum atomic E-state index is 8.54. The molecule has 0 spiro atoms. The highest BCUT2D eigenvalue weighted by molar-refractivity contribution is 5.96. The Morgan fingerprint density at radius 1 is 1.41 bits per heavy atom. The van der Waals surface area contributed by atoms with Gasteiger partial charge in [0, 0.05) is 11.8 Å². The molecule has 0 saturated carbocycles. The van der Waals surface area contributed by atoms with Crippen molar-refractivity contribution in [1.29, 1.82) is 0 Å². The second-order valence-electron chi connectivity index (χ2n) is 3.90. The number of rotatable bonds is 3. The zero-order valence-electron chi connectivity index (χ0n) is 9.54. The van der Waals surface area contributed by atoms with E-state index in [-0.39, 0.29) is 5.84 Å². The summed E-state index contributed by atoms with van der Waals surface area (Å²) in [4.78, 5) is 0. The van der Waals surface area contributed by atoms with Crippen LogP contribution in [0.1, 0.15) is 16.7 Å². The van der Waals surface area contributed by atoms with Crippen LogP contribution in [0, 0.1) is 6.92 Å². The molecule has 1 aromatic carbocycles. The van der Waals surface area contributed by atoms with Crippen molar-refractivity contribution < 1.29 is 5.21 Å². The van der Waals surface area contributed by atoms with Crippen LogP contribution in [0.5, 0.6) is 0 Å². The molecule has 0 aliphatic carbocycles. The number of aryl methyl sites for hydroxylation is 1. The predicted octanol–water partition coefficient (Wildman–Crippen LogP) is 1.33. The topological polar surface area (TPSA) is 76.4 Å². The van der Waals surface area contributed by atoms with Gasteiger partial charge in [-0.15, -0.1) is 0 Å². The molecular formula is C12H14N4O. The van der Waals surface area contributed by atoms with Crippen LogP contribution in [-0.2, 0) is 6.54 Å². The van der Waals surface area contributed by atoms with Gasteiger partial charge in [-0.25, -0.2) is 0 Å². The van der Waals surface area contributed by atoms with Gasteiger partial charge in [-0.1, -0.05) is 29.4 Å². The van der Waals surface area contributed by atoms with Gasteiger partial charge in [0.15, 0.2) is 5.84 Å². The molecule has 1 heterocycles. The summed E-state index contributed by atoms with van der Waals surface area (Å²) >= 11 is 0. The summed E-state index contributed by atoms with van der Waals surface area (Å²) in [5.74, 6) is 0.117. The molecule has 1 aromatic heterocycles. The minimum atomic E-state index is 0.117. The lowest BCUT2D eigenvalue weighted by molar-refractivity contribution is 0.318. The average molecular weight is 230 g/mol. The van der Waals surface area contributed by atoms with Crippen molar-refractivity contribution in [3.05, 3.63) is 53.3 Å². The van der Waals surface area contributed by atoms with Crippen LogP contribution in [0.3, 0.4) is 0 Å². The van der Waals surface area contributed by atoms with E-state index in [1.165, 1.54) is 0 Å². The van der Waals surface area contributed by atoms with Gasteiger partial charge in [-0.2, -0.15) is 5.10 Å². The molecule has 17 heavy (non-hydrogen) atoms. The summed E-state index contributed by atoms with van der Waals surface area (Å²) in [6, 6.07) is 7.51. The highest BCUT2D eigenvalue weighted by Crippen LogP contribution is 2.06. The van der Waals surface area contributed by atoms with E-state index in [0.29, 0.717) is 12.1 Å².